The molecule has 9 rings (SSSR count). The first kappa shape index (κ1) is 38.5. The van der Waals surface area contributed by atoms with Crippen LogP contribution in [0.3, 0.4) is 0 Å². The first-order valence-electron chi connectivity index (χ1n) is 17.2. The minimum Gasteiger partial charge on any atom is -0.369 e. The summed E-state index contributed by atoms with van der Waals surface area (Å²) in [6.07, 6.45) is 8.43. The first-order chi connectivity index (χ1) is 26.1. The Bertz CT molecular complexity index is 2620. The molecule has 0 radical (unpaired) electrons. The van der Waals surface area contributed by atoms with Crippen LogP contribution in [0, 0.1) is 6.07 Å². The van der Waals surface area contributed by atoms with Gasteiger partial charge in [0.15, 0.2) is 5.96 Å². The van der Waals surface area contributed by atoms with Gasteiger partial charge in [-0.15, -0.1) is 18.5 Å². The van der Waals surface area contributed by atoms with Crippen molar-refractivity contribution in [1.29, 1.82) is 0 Å². The second-order valence-electron chi connectivity index (χ2n) is 12.4. The molecule has 7 aromatic rings. The van der Waals surface area contributed by atoms with E-state index in [0.29, 0.717) is 0 Å². The molecule has 274 valence electrons. The van der Waals surface area contributed by atoms with E-state index >= 15 is 0 Å². The van der Waals surface area contributed by atoms with Gasteiger partial charge < -0.3 is 15.7 Å². The van der Waals surface area contributed by atoms with Gasteiger partial charge in [-0.3, -0.25) is 10.4 Å². The number of fused-ring (bicyclic) bond motifs is 8. The second-order valence-corrected chi connectivity index (χ2v) is 12.4. The van der Waals surface area contributed by atoms with Crippen LogP contribution in [0.1, 0.15) is 22.8 Å². The van der Waals surface area contributed by atoms with Gasteiger partial charge in [0.1, 0.15) is 0 Å². The van der Waals surface area contributed by atoms with Crippen LogP contribution in [-0.2, 0) is 22.4 Å². The summed E-state index contributed by atoms with van der Waals surface area (Å²) in [6.45, 7) is 0. The molecule has 0 fully saturated rings. The summed E-state index contributed by atoms with van der Waals surface area (Å²) in [5.74, 6) is 5.19. The monoisotopic (exact) mass is 920 g/mol. The number of halogens is 1. The van der Waals surface area contributed by atoms with Crippen LogP contribution in [0.15, 0.2) is 151 Å². The molecule has 0 aliphatic carbocycles. The molecule has 5 heterocycles. The fourth-order valence-corrected chi connectivity index (χ4v) is 6.49. The summed E-state index contributed by atoms with van der Waals surface area (Å²) in [7, 11) is 0. The number of hydrogen-bond donors (Lipinski definition) is 5. The first-order valence-corrected chi connectivity index (χ1v) is 17.2. The van der Waals surface area contributed by atoms with E-state index in [1.165, 1.54) is 0 Å². The number of rotatable bonds is 4. The van der Waals surface area contributed by atoms with Crippen molar-refractivity contribution < 1.29 is 22.4 Å². The minimum absolute atomic E-state index is 0. The molecule has 7 N–H and O–H groups in total. The van der Waals surface area contributed by atoms with Gasteiger partial charge in [0.05, 0.1) is 22.8 Å². The summed E-state index contributed by atoms with van der Waals surface area (Å²) < 4.78 is 0. The Morgan fingerprint density at radius 2 is 1.07 bits per heavy atom. The predicted octanol–water partition coefficient (Wildman–Crippen LogP) is 9.97. The van der Waals surface area contributed by atoms with Crippen molar-refractivity contribution in [3.05, 3.63) is 174 Å². The van der Waals surface area contributed by atoms with E-state index in [4.69, 9.17) is 21.5 Å². The summed E-state index contributed by atoms with van der Waals surface area (Å²) in [5.41, 5.74) is 22.4. The summed E-state index contributed by atoms with van der Waals surface area (Å²) >= 11 is 0. The number of H-pyrrole nitrogens is 2. The average molecular weight is 921 g/mol. The van der Waals surface area contributed by atoms with Crippen molar-refractivity contribution >= 4 is 70.4 Å². The Morgan fingerprint density at radius 3 is 1.58 bits per heavy atom. The van der Waals surface area contributed by atoms with E-state index in [-0.39, 0.29) is 40.7 Å². The molecule has 8 nitrogen and oxygen atoms in total. The molecule has 8 bridgehead atoms. The van der Waals surface area contributed by atoms with Gasteiger partial charge in [0.25, 0.3) is 0 Å². The largest absolute Gasteiger partial charge is 1.00 e. The van der Waals surface area contributed by atoms with Gasteiger partial charge in [-0.1, -0.05) is 91.0 Å². The third-order valence-corrected chi connectivity index (χ3v) is 8.85. The van der Waals surface area contributed by atoms with Gasteiger partial charge in [-0.25, -0.2) is 15.8 Å². The van der Waals surface area contributed by atoms with Crippen LogP contribution in [0.25, 0.3) is 79.8 Å². The minimum atomic E-state index is 0. The molecule has 0 unspecified atom stereocenters. The number of hydrogen-bond acceptors (Lipinski definition) is 4. The maximum atomic E-state index is 5.30. The number of hydrazine groups is 1. The van der Waals surface area contributed by atoms with Crippen molar-refractivity contribution in [3.63, 3.8) is 0 Å². The molecule has 2 aliphatic rings. The van der Waals surface area contributed by atoms with Crippen LogP contribution in [-0.4, -0.2) is 25.9 Å². The Balaban J connectivity index is 0.000000345. The maximum Gasteiger partial charge on any atom is 1.00 e. The van der Waals surface area contributed by atoms with Gasteiger partial charge in [-0.2, -0.15) is 24.3 Å². The fraction of sp³-hybridized carbons (Fsp3) is 0. The van der Waals surface area contributed by atoms with Crippen LogP contribution >= 0.6 is 12.4 Å². The number of aromatic amines is 2. The van der Waals surface area contributed by atoms with Crippen LogP contribution in [0.2, 0.25) is 0 Å². The van der Waals surface area contributed by atoms with Crippen LogP contribution in [0.5, 0.6) is 0 Å². The standard InChI is InChI=1S/C38H26N4.C7H9N4.Au.ClH/c1-4-10-25(11-5-1)36-30-18-16-28(39-30)24-29-17-19-31(40-29)37(26-12-6-2-7-13-26)33-21-23-35(42-33)38(27-14-8-3-9-15-27)34-22-20-32(36)41-34;8-7(11-9)10-6-4-2-1-3-5-6;;/h1-24,39,42H;1-2,4-5H,9H2,(H3,8,10,11);;1H/q;-1;+1;. The van der Waals surface area contributed by atoms with E-state index in [2.05, 4.69) is 154 Å². The molecule has 0 amide bonds. The zero-order valence-electron chi connectivity index (χ0n) is 29.4. The number of nitrogens with two attached hydrogens (primary N) is 2. The van der Waals surface area contributed by atoms with Crippen LogP contribution < -0.4 is 17.0 Å². The molecule has 3 aromatic heterocycles. The van der Waals surface area contributed by atoms with Crippen molar-refractivity contribution in [3.8, 4) is 33.4 Å². The summed E-state index contributed by atoms with van der Waals surface area (Å²) in [4.78, 5) is 21.6. The van der Waals surface area contributed by atoms with Crippen molar-refractivity contribution in [2.24, 2.45) is 16.6 Å². The number of aromatic nitrogens is 4. The van der Waals surface area contributed by atoms with Crippen LogP contribution in [0.4, 0.5) is 5.69 Å². The van der Waals surface area contributed by atoms with E-state index in [9.17, 15) is 0 Å². The van der Waals surface area contributed by atoms with Gasteiger partial charge in [0.2, 0.25) is 0 Å². The van der Waals surface area contributed by atoms with E-state index in [0.717, 1.165) is 83.9 Å². The van der Waals surface area contributed by atoms with Gasteiger partial charge >= 0.3 is 22.4 Å². The normalized spacial score (nSPS) is 11.5. The third-order valence-electron chi connectivity index (χ3n) is 8.85. The Kier molecular flexibility index (Phi) is 12.4. The molecular formula is C45H36AuClN8. The predicted molar refractivity (Wildman–Crippen MR) is 226 cm³/mol. The SMILES string of the molecule is C1=Cc2nc1cc1ccc([nH]1)c(-c1ccccc1)c1nc(c(-c3ccccc3)c3ccc([nH]3)c2-c2ccccc2)C=C1.Cl.NNC(N)=Nc1c[c-]ccc1.[Au+]. The summed E-state index contributed by atoms with van der Waals surface area (Å²) in [6, 6.07) is 52.0. The second kappa shape index (κ2) is 17.7. The molecule has 0 saturated carbocycles. The molecular weight excluding hydrogens is 885 g/mol. The number of benzene rings is 4. The van der Waals surface area contributed by atoms with Gasteiger partial charge in [-0.05, 0) is 77.0 Å². The summed E-state index contributed by atoms with van der Waals surface area (Å²) in [5, 5.41) is 0. The number of nitrogens with zero attached hydrogens (tertiary/aromatic N) is 3. The smallest absolute Gasteiger partial charge is 0.369 e. The third kappa shape index (κ3) is 8.60. The number of guanidine groups is 1. The molecule has 2 aliphatic heterocycles. The molecule has 0 spiro atoms. The van der Waals surface area contributed by atoms with Crippen molar-refractivity contribution in [2.75, 3.05) is 0 Å². The molecule has 4 aromatic carbocycles. The maximum absolute atomic E-state index is 5.30. The Morgan fingerprint density at radius 1 is 0.582 bits per heavy atom. The average Bonchev–Trinajstić information content (AvgIpc) is 4.05. The number of nitrogens with one attached hydrogen (secondary N) is 3. The zero-order valence-corrected chi connectivity index (χ0v) is 32.4. The number of aliphatic imine (C=N–C) groups is 1. The Hall–Kier alpha value is -6.26. The van der Waals surface area contributed by atoms with E-state index in [1.54, 1.807) is 18.2 Å². The topological polar surface area (TPSA) is 134 Å². The molecule has 10 heteroatoms. The van der Waals surface area contributed by atoms with Gasteiger partial charge in [0, 0.05) is 38.8 Å². The van der Waals surface area contributed by atoms with E-state index in [1.807, 2.05) is 24.3 Å². The quantitative estimate of drug-likeness (QED) is 0.0300. The van der Waals surface area contributed by atoms with E-state index < -0.39 is 0 Å². The molecule has 0 saturated heterocycles. The van der Waals surface area contributed by atoms with Crippen molar-refractivity contribution in [1.82, 2.24) is 25.4 Å². The fourth-order valence-electron chi connectivity index (χ4n) is 6.49. The molecule has 55 heavy (non-hydrogen) atoms. The molecule has 0 atom stereocenters. The Labute approximate surface area is 340 Å². The zero-order chi connectivity index (χ0) is 36.0. The van der Waals surface area contributed by atoms with Crippen molar-refractivity contribution in [2.45, 2.75) is 0 Å².